The largest absolute Gasteiger partial charge is 0.465 e. The van der Waals surface area contributed by atoms with Gasteiger partial charge in [0, 0.05) is 18.5 Å². The van der Waals surface area contributed by atoms with Crippen molar-refractivity contribution in [3.63, 3.8) is 0 Å². The van der Waals surface area contributed by atoms with Crippen molar-refractivity contribution < 1.29 is 23.9 Å². The van der Waals surface area contributed by atoms with Crippen LogP contribution in [0.2, 0.25) is 5.02 Å². The Balaban J connectivity index is 1.77. The predicted molar refractivity (Wildman–Crippen MR) is 111 cm³/mol. The zero-order valence-corrected chi connectivity index (χ0v) is 17.4. The van der Waals surface area contributed by atoms with Crippen molar-refractivity contribution in [2.45, 2.75) is 25.8 Å². The molecule has 1 atom stereocenters. The first kappa shape index (κ1) is 21.5. The second-order valence-electron chi connectivity index (χ2n) is 6.92. The molecule has 30 heavy (non-hydrogen) atoms. The summed E-state index contributed by atoms with van der Waals surface area (Å²) in [6, 6.07) is 12.4. The van der Waals surface area contributed by atoms with Crippen LogP contribution < -0.4 is 4.90 Å². The van der Waals surface area contributed by atoms with Crippen LogP contribution in [0.3, 0.4) is 0 Å². The Morgan fingerprint density at radius 1 is 1.17 bits per heavy atom. The van der Waals surface area contributed by atoms with Crippen LogP contribution in [-0.2, 0) is 25.5 Å². The maximum absolute atomic E-state index is 13.0. The minimum Gasteiger partial charge on any atom is -0.465 e. The number of carbonyl (C=O) groups excluding carboxylic acids is 4. The number of hydrogen-bond acceptors (Lipinski definition) is 5. The van der Waals surface area contributed by atoms with Crippen LogP contribution in [0.15, 0.2) is 48.5 Å². The molecule has 2 aromatic rings. The van der Waals surface area contributed by atoms with Gasteiger partial charge >= 0.3 is 5.97 Å². The van der Waals surface area contributed by atoms with Crippen LogP contribution in [0.1, 0.15) is 29.3 Å². The van der Waals surface area contributed by atoms with Crippen LogP contribution in [0, 0.1) is 0 Å². The van der Waals surface area contributed by atoms with E-state index in [4.69, 9.17) is 11.6 Å². The molecule has 0 aromatic heterocycles. The Morgan fingerprint density at radius 3 is 2.47 bits per heavy atom. The van der Waals surface area contributed by atoms with Crippen LogP contribution >= 0.6 is 11.6 Å². The van der Waals surface area contributed by atoms with E-state index in [0.717, 1.165) is 10.5 Å². The fraction of sp³-hybridized carbons (Fsp3) is 0.273. The Labute approximate surface area is 179 Å². The van der Waals surface area contributed by atoms with Crippen molar-refractivity contribution >= 4 is 41.0 Å². The van der Waals surface area contributed by atoms with Gasteiger partial charge in [0.15, 0.2) is 0 Å². The summed E-state index contributed by atoms with van der Waals surface area (Å²) < 4.78 is 4.65. The quantitative estimate of drug-likeness (QED) is 0.521. The van der Waals surface area contributed by atoms with E-state index in [9.17, 15) is 19.2 Å². The Morgan fingerprint density at radius 2 is 1.87 bits per heavy atom. The van der Waals surface area contributed by atoms with Crippen molar-refractivity contribution in [3.8, 4) is 0 Å². The first-order valence-corrected chi connectivity index (χ1v) is 9.76. The number of anilines is 1. The topological polar surface area (TPSA) is 84.0 Å². The monoisotopic (exact) mass is 428 g/mol. The van der Waals surface area contributed by atoms with Gasteiger partial charge in [-0.25, -0.2) is 9.69 Å². The number of methoxy groups -OCH3 is 1. The summed E-state index contributed by atoms with van der Waals surface area (Å²) in [7, 11) is 1.27. The highest BCUT2D eigenvalue weighted by atomic mass is 35.5. The highest BCUT2D eigenvalue weighted by Crippen LogP contribution is 2.26. The number of esters is 1. The van der Waals surface area contributed by atoms with Crippen molar-refractivity contribution in [2.24, 2.45) is 0 Å². The third kappa shape index (κ3) is 4.52. The van der Waals surface area contributed by atoms with Crippen molar-refractivity contribution in [1.29, 1.82) is 0 Å². The van der Waals surface area contributed by atoms with E-state index in [2.05, 4.69) is 4.74 Å². The van der Waals surface area contributed by atoms with Gasteiger partial charge in [-0.1, -0.05) is 23.7 Å². The molecule has 1 fully saturated rings. The summed E-state index contributed by atoms with van der Waals surface area (Å²) >= 11 is 6.00. The fourth-order valence-corrected chi connectivity index (χ4v) is 3.68. The highest BCUT2D eigenvalue weighted by Gasteiger charge is 2.43. The molecule has 0 radical (unpaired) electrons. The van der Waals surface area contributed by atoms with Gasteiger partial charge in [0.25, 0.3) is 5.91 Å². The number of nitrogens with zero attached hydrogens (tertiary/aromatic N) is 2. The molecular formula is C22H21ClN2O5. The molecule has 8 heteroatoms. The predicted octanol–water partition coefficient (Wildman–Crippen LogP) is 2.85. The second-order valence-corrected chi connectivity index (χ2v) is 7.35. The minimum absolute atomic E-state index is 0.0906. The summed E-state index contributed by atoms with van der Waals surface area (Å²) in [6.07, 6.45) is 0.415. The van der Waals surface area contributed by atoms with Crippen LogP contribution in [-0.4, -0.2) is 48.3 Å². The molecule has 0 bridgehead atoms. The van der Waals surface area contributed by atoms with Crippen molar-refractivity contribution in [2.75, 3.05) is 18.6 Å². The Bertz CT molecular complexity index is 989. The number of amides is 3. The minimum atomic E-state index is -0.866. The van der Waals surface area contributed by atoms with Gasteiger partial charge in [-0.2, -0.15) is 0 Å². The summed E-state index contributed by atoms with van der Waals surface area (Å²) in [5.74, 6) is -1.66. The van der Waals surface area contributed by atoms with E-state index < -0.39 is 23.8 Å². The smallest absolute Gasteiger partial charge is 0.337 e. The maximum atomic E-state index is 13.0. The average Bonchev–Trinajstić information content (AvgIpc) is 3.01. The third-order valence-corrected chi connectivity index (χ3v) is 5.22. The Kier molecular flexibility index (Phi) is 6.52. The van der Waals surface area contributed by atoms with Crippen LogP contribution in [0.4, 0.5) is 5.69 Å². The molecule has 2 aromatic carbocycles. The maximum Gasteiger partial charge on any atom is 0.337 e. The van der Waals surface area contributed by atoms with Gasteiger partial charge in [-0.3, -0.25) is 14.4 Å². The molecule has 0 spiro atoms. The molecular weight excluding hydrogens is 408 g/mol. The molecule has 1 saturated heterocycles. The second kappa shape index (κ2) is 9.09. The number of ether oxygens (including phenoxy) is 1. The molecule has 0 N–H and O–H groups in total. The van der Waals surface area contributed by atoms with Crippen molar-refractivity contribution in [3.05, 3.63) is 64.7 Å². The molecule has 156 valence electrons. The standard InChI is InChI=1S/C22H21ClN2O5/c1-14(26)24(11-10-15-4-3-5-17(23)12-15)19-13-20(27)25(21(19)28)18-8-6-16(7-9-18)22(29)30-2/h3-9,12,19H,10-11,13H2,1-2H3. The molecule has 1 aliphatic rings. The van der Waals surface area contributed by atoms with E-state index in [1.54, 1.807) is 12.1 Å². The first-order valence-electron chi connectivity index (χ1n) is 9.38. The molecule has 3 rings (SSSR count). The van der Waals surface area contributed by atoms with E-state index >= 15 is 0 Å². The SMILES string of the molecule is COC(=O)c1ccc(N2C(=O)CC(N(CCc3cccc(Cl)c3)C(C)=O)C2=O)cc1. The average molecular weight is 429 g/mol. The molecule has 0 aliphatic carbocycles. The van der Waals surface area contributed by atoms with Crippen LogP contribution in [0.25, 0.3) is 0 Å². The van der Waals surface area contributed by atoms with E-state index in [1.807, 2.05) is 12.1 Å². The van der Waals surface area contributed by atoms with E-state index in [1.165, 1.54) is 43.2 Å². The normalized spacial score (nSPS) is 16.0. The van der Waals surface area contributed by atoms with E-state index in [-0.39, 0.29) is 18.9 Å². The number of benzene rings is 2. The summed E-state index contributed by atoms with van der Waals surface area (Å²) in [4.78, 5) is 51.9. The van der Waals surface area contributed by atoms with Gasteiger partial charge in [-0.15, -0.1) is 0 Å². The highest BCUT2D eigenvalue weighted by molar-refractivity contribution is 6.30. The summed E-state index contributed by atoms with van der Waals surface area (Å²) in [6.45, 7) is 1.66. The van der Waals surface area contributed by atoms with Crippen LogP contribution in [0.5, 0.6) is 0 Å². The lowest BCUT2D eigenvalue weighted by Gasteiger charge is -2.26. The number of hydrogen-bond donors (Lipinski definition) is 0. The Hall–Kier alpha value is -3.19. The first-order chi connectivity index (χ1) is 14.3. The van der Waals surface area contributed by atoms with Gasteiger partial charge in [0.2, 0.25) is 11.8 Å². The molecule has 7 nitrogen and oxygen atoms in total. The molecule has 1 heterocycles. The van der Waals surface area contributed by atoms with Crippen molar-refractivity contribution in [1.82, 2.24) is 4.90 Å². The zero-order chi connectivity index (χ0) is 21.8. The fourth-order valence-electron chi connectivity index (χ4n) is 3.47. The lowest BCUT2D eigenvalue weighted by Crippen LogP contribution is -2.45. The summed E-state index contributed by atoms with van der Waals surface area (Å²) in [5.41, 5.74) is 1.59. The van der Waals surface area contributed by atoms with E-state index in [0.29, 0.717) is 22.7 Å². The third-order valence-electron chi connectivity index (χ3n) is 4.98. The van der Waals surface area contributed by atoms with Gasteiger partial charge < -0.3 is 9.64 Å². The van der Waals surface area contributed by atoms with Gasteiger partial charge in [-0.05, 0) is 48.4 Å². The molecule has 3 amide bonds. The van der Waals surface area contributed by atoms with Gasteiger partial charge in [0.1, 0.15) is 6.04 Å². The molecule has 1 unspecified atom stereocenters. The number of imide groups is 1. The number of carbonyl (C=O) groups is 4. The molecule has 1 aliphatic heterocycles. The van der Waals surface area contributed by atoms with Gasteiger partial charge in [0.05, 0.1) is 24.8 Å². The lowest BCUT2D eigenvalue weighted by molar-refractivity contribution is -0.136. The number of rotatable bonds is 6. The summed E-state index contributed by atoms with van der Waals surface area (Å²) in [5, 5.41) is 0.593. The molecule has 0 saturated carbocycles. The zero-order valence-electron chi connectivity index (χ0n) is 16.6. The number of halogens is 1. The lowest BCUT2D eigenvalue weighted by atomic mass is 10.1.